The molecule has 2 rings (SSSR count). The van der Waals surface area contributed by atoms with Crippen molar-refractivity contribution in [3.8, 4) is 0 Å². The number of amides is 1. The number of hydrogen-bond acceptors (Lipinski definition) is 5. The molecule has 1 heterocycles. The molecular weight excluding hydrogens is 374 g/mol. The summed E-state index contributed by atoms with van der Waals surface area (Å²) in [6, 6.07) is 9.40. The molecule has 1 amide bonds. The lowest BCUT2D eigenvalue weighted by Gasteiger charge is -2.20. The maximum Gasteiger partial charge on any atom is 0.249 e. The summed E-state index contributed by atoms with van der Waals surface area (Å²) in [7, 11) is -3.86. The minimum absolute atomic E-state index is 0.0706. The van der Waals surface area contributed by atoms with Gasteiger partial charge in [-0.05, 0) is 36.4 Å². The highest BCUT2D eigenvalue weighted by Crippen LogP contribution is 2.20. The normalized spacial score (nSPS) is 11.6. The van der Waals surface area contributed by atoms with Crippen molar-refractivity contribution in [3.05, 3.63) is 52.9 Å². The van der Waals surface area contributed by atoms with Crippen molar-refractivity contribution in [1.82, 2.24) is 9.73 Å². The van der Waals surface area contributed by atoms with Gasteiger partial charge >= 0.3 is 0 Å². The summed E-state index contributed by atoms with van der Waals surface area (Å²) in [5.41, 5.74) is 1.92. The number of carbonyl (C=O) groups is 1. The van der Waals surface area contributed by atoms with E-state index in [2.05, 4.69) is 15.9 Å². The zero-order chi connectivity index (χ0) is 16.2. The molecule has 0 aliphatic rings. The van der Waals surface area contributed by atoms with Crippen LogP contribution in [0.1, 0.15) is 5.76 Å². The van der Waals surface area contributed by atoms with E-state index in [-0.39, 0.29) is 11.4 Å². The van der Waals surface area contributed by atoms with E-state index >= 15 is 0 Å². The minimum Gasteiger partial charge on any atom is -0.468 e. The molecule has 0 aliphatic heterocycles. The second-order valence-corrected chi connectivity index (χ2v) is 7.23. The average Bonchev–Trinajstić information content (AvgIpc) is 3.00. The predicted molar refractivity (Wildman–Crippen MR) is 82.8 cm³/mol. The lowest BCUT2D eigenvalue weighted by atomic mass is 10.4. The largest absolute Gasteiger partial charge is 0.468 e. The monoisotopic (exact) mass is 387 g/mol. The Bertz CT molecular complexity index is 729. The van der Waals surface area contributed by atoms with Crippen LogP contribution in [0, 0.1) is 0 Å². The van der Waals surface area contributed by atoms with Crippen LogP contribution in [0.15, 0.2) is 56.4 Å². The number of nitrogens with zero attached hydrogens (tertiary/aromatic N) is 1. The van der Waals surface area contributed by atoms with E-state index in [0.717, 1.165) is 8.78 Å². The fraction of sp³-hybridized carbons (Fsp3) is 0.154. The number of benzene rings is 1. The van der Waals surface area contributed by atoms with Crippen LogP contribution in [0.3, 0.4) is 0 Å². The molecule has 1 aromatic carbocycles. The Labute approximate surface area is 136 Å². The van der Waals surface area contributed by atoms with Gasteiger partial charge in [0, 0.05) is 4.47 Å². The van der Waals surface area contributed by atoms with Crippen molar-refractivity contribution in [1.29, 1.82) is 0 Å². The first-order chi connectivity index (χ1) is 10.4. The molecule has 0 fully saturated rings. The van der Waals surface area contributed by atoms with Gasteiger partial charge in [0.25, 0.3) is 0 Å². The third-order valence-corrected chi connectivity index (χ3v) is 5.18. The molecule has 0 atom stereocenters. The van der Waals surface area contributed by atoms with Crippen molar-refractivity contribution in [2.45, 2.75) is 11.4 Å². The molecule has 2 aromatic rings. The second-order valence-electron chi connectivity index (χ2n) is 4.37. The van der Waals surface area contributed by atoms with Crippen LogP contribution in [0.2, 0.25) is 0 Å². The van der Waals surface area contributed by atoms with Crippen molar-refractivity contribution < 1.29 is 17.6 Å². The van der Waals surface area contributed by atoms with E-state index in [1.807, 2.05) is 5.43 Å². The van der Waals surface area contributed by atoms with E-state index in [1.54, 1.807) is 24.3 Å². The summed E-state index contributed by atoms with van der Waals surface area (Å²) in [6.45, 7) is -0.478. The molecule has 7 nitrogen and oxygen atoms in total. The molecule has 118 valence electrons. The van der Waals surface area contributed by atoms with Crippen LogP contribution in [0.4, 0.5) is 0 Å². The van der Waals surface area contributed by atoms with Gasteiger partial charge in [-0.3, -0.25) is 10.2 Å². The fourth-order valence-electron chi connectivity index (χ4n) is 1.76. The Balaban J connectivity index is 2.33. The third kappa shape index (κ3) is 3.95. The van der Waals surface area contributed by atoms with Crippen molar-refractivity contribution in [2.24, 2.45) is 5.84 Å². The summed E-state index contributed by atoms with van der Waals surface area (Å²) >= 11 is 3.25. The second kappa shape index (κ2) is 7.05. The van der Waals surface area contributed by atoms with Gasteiger partial charge in [0.05, 0.1) is 24.2 Å². The van der Waals surface area contributed by atoms with Gasteiger partial charge in [0.15, 0.2) is 0 Å². The lowest BCUT2D eigenvalue weighted by molar-refractivity contribution is -0.121. The number of carbonyl (C=O) groups excluding carboxylic acids is 1. The molecule has 0 saturated heterocycles. The van der Waals surface area contributed by atoms with E-state index in [0.29, 0.717) is 5.76 Å². The minimum atomic E-state index is -3.86. The van der Waals surface area contributed by atoms with Gasteiger partial charge in [0.2, 0.25) is 15.9 Å². The van der Waals surface area contributed by atoms with E-state index < -0.39 is 22.5 Å². The first-order valence-corrected chi connectivity index (χ1v) is 8.44. The first-order valence-electron chi connectivity index (χ1n) is 6.21. The maximum absolute atomic E-state index is 12.7. The van der Waals surface area contributed by atoms with Crippen LogP contribution in [0.25, 0.3) is 0 Å². The number of sulfonamides is 1. The van der Waals surface area contributed by atoms with E-state index in [1.165, 1.54) is 18.4 Å². The number of rotatable bonds is 6. The zero-order valence-electron chi connectivity index (χ0n) is 11.4. The highest BCUT2D eigenvalue weighted by atomic mass is 79.9. The molecule has 0 aliphatic carbocycles. The molecule has 3 N–H and O–H groups in total. The van der Waals surface area contributed by atoms with Gasteiger partial charge < -0.3 is 4.42 Å². The number of furan rings is 1. The van der Waals surface area contributed by atoms with Crippen LogP contribution < -0.4 is 11.3 Å². The molecule has 0 spiro atoms. The van der Waals surface area contributed by atoms with Crippen LogP contribution in [0.5, 0.6) is 0 Å². The van der Waals surface area contributed by atoms with Crippen molar-refractivity contribution >= 4 is 31.9 Å². The van der Waals surface area contributed by atoms with Gasteiger partial charge in [0.1, 0.15) is 5.76 Å². The zero-order valence-corrected chi connectivity index (χ0v) is 13.8. The fourth-order valence-corrected chi connectivity index (χ4v) is 3.39. The quantitative estimate of drug-likeness (QED) is 0.440. The Morgan fingerprint density at radius 3 is 2.50 bits per heavy atom. The topological polar surface area (TPSA) is 106 Å². The predicted octanol–water partition coefficient (Wildman–Crippen LogP) is 1.22. The van der Waals surface area contributed by atoms with Gasteiger partial charge in [-0.2, -0.15) is 4.31 Å². The number of halogens is 1. The summed E-state index contributed by atoms with van der Waals surface area (Å²) in [5.74, 6) is 4.85. The molecule has 0 bridgehead atoms. The summed E-state index contributed by atoms with van der Waals surface area (Å²) in [6.07, 6.45) is 1.43. The standard InChI is InChI=1S/C13H14BrN3O4S/c14-10-3-5-12(6-4-10)22(19,20)17(9-13(18)16-15)8-11-2-1-7-21-11/h1-7H,8-9,15H2,(H,16,18). The Morgan fingerprint density at radius 1 is 1.27 bits per heavy atom. The lowest BCUT2D eigenvalue weighted by Crippen LogP contribution is -2.42. The van der Waals surface area contributed by atoms with Gasteiger partial charge in [-0.25, -0.2) is 14.3 Å². The summed E-state index contributed by atoms with van der Waals surface area (Å²) < 4.78 is 32.2. The summed E-state index contributed by atoms with van der Waals surface area (Å²) in [4.78, 5) is 11.6. The third-order valence-electron chi connectivity index (χ3n) is 2.84. The van der Waals surface area contributed by atoms with Gasteiger partial charge in [-0.15, -0.1) is 0 Å². The maximum atomic E-state index is 12.7. The number of hydrazine groups is 1. The van der Waals surface area contributed by atoms with Crippen LogP contribution >= 0.6 is 15.9 Å². The molecule has 9 heteroatoms. The molecule has 0 unspecified atom stereocenters. The Kier molecular flexibility index (Phi) is 5.35. The molecule has 0 radical (unpaired) electrons. The number of nitrogens with one attached hydrogen (secondary N) is 1. The first kappa shape index (κ1) is 16.7. The molecule has 1 aromatic heterocycles. The van der Waals surface area contributed by atoms with Crippen LogP contribution in [-0.2, 0) is 21.4 Å². The van der Waals surface area contributed by atoms with Crippen molar-refractivity contribution in [2.75, 3.05) is 6.54 Å². The van der Waals surface area contributed by atoms with E-state index in [4.69, 9.17) is 10.3 Å². The summed E-state index contributed by atoms with van der Waals surface area (Å²) in [5, 5.41) is 0. The molecule has 0 saturated carbocycles. The van der Waals surface area contributed by atoms with Crippen LogP contribution in [-0.4, -0.2) is 25.2 Å². The molecule has 22 heavy (non-hydrogen) atoms. The van der Waals surface area contributed by atoms with Gasteiger partial charge in [-0.1, -0.05) is 15.9 Å². The Morgan fingerprint density at radius 2 is 1.95 bits per heavy atom. The average molecular weight is 388 g/mol. The van der Waals surface area contributed by atoms with Crippen molar-refractivity contribution in [3.63, 3.8) is 0 Å². The highest BCUT2D eigenvalue weighted by Gasteiger charge is 2.27. The Hall–Kier alpha value is -1.68. The number of nitrogens with two attached hydrogens (primary N) is 1. The number of hydrogen-bond donors (Lipinski definition) is 2. The highest BCUT2D eigenvalue weighted by molar-refractivity contribution is 9.10. The van der Waals surface area contributed by atoms with E-state index in [9.17, 15) is 13.2 Å². The smallest absolute Gasteiger partial charge is 0.249 e. The molecular formula is C13H14BrN3O4S. The SMILES string of the molecule is NNC(=O)CN(Cc1ccco1)S(=O)(=O)c1ccc(Br)cc1.